The van der Waals surface area contributed by atoms with Gasteiger partial charge in [-0.3, -0.25) is 62.8 Å². The first-order valence-corrected chi connectivity index (χ1v) is 31.3. The highest BCUT2D eigenvalue weighted by molar-refractivity contribution is 5.92. The number of primary amides is 1. The molecule has 0 saturated carbocycles. The van der Waals surface area contributed by atoms with Crippen LogP contribution in [0.25, 0.3) is 0 Å². The van der Waals surface area contributed by atoms with Gasteiger partial charge in [0, 0.05) is 91.3 Å². The number of esters is 3. The van der Waals surface area contributed by atoms with Crippen LogP contribution in [0.3, 0.4) is 0 Å². The Morgan fingerprint density at radius 1 is 0.456 bits per heavy atom. The van der Waals surface area contributed by atoms with E-state index in [2.05, 4.69) is 26.6 Å². The average molecular weight is 1290 g/mol. The summed E-state index contributed by atoms with van der Waals surface area (Å²) in [6.07, 6.45) is 0.996. The Kier molecular flexibility index (Phi) is 41.5. The van der Waals surface area contributed by atoms with Crippen LogP contribution in [0.4, 0.5) is 4.79 Å². The van der Waals surface area contributed by atoms with Gasteiger partial charge in [-0.1, -0.05) is 13.8 Å². The summed E-state index contributed by atoms with van der Waals surface area (Å²) >= 11 is 0. The Morgan fingerprint density at radius 3 is 1.24 bits per heavy atom. The molecule has 1 heterocycles. The molecule has 1 saturated heterocycles. The Labute approximate surface area is 532 Å². The smallest absolute Gasteiger partial charge is 0.320 e. The fraction of sp³-hybridized carbons (Fsp3) is 0.833. The van der Waals surface area contributed by atoms with Gasteiger partial charge in [0.1, 0.15) is 34.9 Å². The number of hydrogen-bond donors (Lipinski definition) is 8. The third-order valence-corrected chi connectivity index (χ3v) is 13.1. The fourth-order valence-corrected chi connectivity index (χ4v) is 8.83. The predicted molar refractivity (Wildman–Crippen MR) is 331 cm³/mol. The highest BCUT2D eigenvalue weighted by Gasteiger charge is 2.32. The number of carboxylic acids is 2. The second kappa shape index (κ2) is 45.4. The van der Waals surface area contributed by atoms with E-state index in [1.165, 1.54) is 0 Å². The number of carboxylic acid groups (broad SMARTS) is 2. The standard InChI is InChI=1S/C60H110N10O20/c1-44(2)53(66-48(72)16-12-13-17-49(73)74)55(79)65-45(15-14-20-64-57(61)82)54(78)63-22-32-84-34-36-86-38-40-87-39-37-85-35-33-83-31-21-62-47(71)19-18-46(56(80)81)70-29-27-68(42-51(76)89-59(6,7)8)25-23-67(41-50(75)88-58(3,4)5)24-26-69(28-30-70)43-52(77)90-60(9,10)11/h44-46,53H,12-43H2,1-11H3,(H,62,71)(H,63,78)(H,65,79)(H,66,72)(H,73,74)(H,80,81)(H3,61,64,82)/t45-,46?,53-/m1/s1. The first-order valence-electron chi connectivity index (χ1n) is 31.3. The molecule has 3 atom stereocenters. The summed E-state index contributed by atoms with van der Waals surface area (Å²) in [5.41, 5.74) is 2.97. The lowest BCUT2D eigenvalue weighted by Crippen LogP contribution is -2.55. The molecule has 1 aliphatic heterocycles. The van der Waals surface area contributed by atoms with Crippen LogP contribution >= 0.6 is 0 Å². The lowest BCUT2D eigenvalue weighted by molar-refractivity contribution is -0.158. The highest BCUT2D eigenvalue weighted by atomic mass is 16.6. The minimum Gasteiger partial charge on any atom is -0.481 e. The van der Waals surface area contributed by atoms with E-state index in [0.717, 1.165) is 0 Å². The quantitative estimate of drug-likeness (QED) is 0.0234. The first kappa shape index (κ1) is 82.2. The number of aliphatic carboxylic acids is 2. The molecule has 1 unspecified atom stereocenters. The van der Waals surface area contributed by atoms with E-state index in [1.807, 2.05) is 14.7 Å². The third kappa shape index (κ3) is 44.6. The van der Waals surface area contributed by atoms with Crippen molar-refractivity contribution in [2.75, 3.05) is 158 Å². The van der Waals surface area contributed by atoms with Crippen molar-refractivity contribution in [3.05, 3.63) is 0 Å². The maximum atomic E-state index is 13.3. The van der Waals surface area contributed by atoms with Gasteiger partial charge in [-0.05, 0) is 100 Å². The van der Waals surface area contributed by atoms with Crippen molar-refractivity contribution in [1.29, 1.82) is 0 Å². The van der Waals surface area contributed by atoms with Crippen molar-refractivity contribution in [3.63, 3.8) is 0 Å². The molecule has 9 N–H and O–H groups in total. The van der Waals surface area contributed by atoms with Crippen LogP contribution in [0.5, 0.6) is 0 Å². The van der Waals surface area contributed by atoms with E-state index in [1.54, 1.807) is 81.1 Å². The van der Waals surface area contributed by atoms with Gasteiger partial charge in [0.25, 0.3) is 0 Å². The lowest BCUT2D eigenvalue weighted by Gasteiger charge is -2.36. The maximum Gasteiger partial charge on any atom is 0.320 e. The van der Waals surface area contributed by atoms with E-state index in [-0.39, 0.29) is 149 Å². The molecule has 1 rings (SSSR count). The van der Waals surface area contributed by atoms with Crippen molar-refractivity contribution >= 4 is 59.5 Å². The molecule has 1 aliphatic rings. The topological polar surface area (TPSA) is 384 Å². The van der Waals surface area contributed by atoms with Gasteiger partial charge in [0.2, 0.25) is 23.6 Å². The maximum absolute atomic E-state index is 13.3. The van der Waals surface area contributed by atoms with E-state index in [9.17, 15) is 53.1 Å². The van der Waals surface area contributed by atoms with Crippen LogP contribution in [0.15, 0.2) is 0 Å². The molecule has 0 aromatic rings. The lowest BCUT2D eigenvalue weighted by atomic mass is 10.0. The number of nitrogens with two attached hydrogens (primary N) is 1. The number of unbranched alkanes of at least 4 members (excludes halogenated alkanes) is 1. The predicted octanol–water partition coefficient (Wildman–Crippen LogP) is 0.501. The largest absolute Gasteiger partial charge is 0.481 e. The van der Waals surface area contributed by atoms with Crippen LogP contribution in [-0.4, -0.2) is 282 Å². The number of carbonyl (C=O) groups is 10. The third-order valence-electron chi connectivity index (χ3n) is 13.1. The highest BCUT2D eigenvalue weighted by Crippen LogP contribution is 2.15. The first-order chi connectivity index (χ1) is 42.2. The van der Waals surface area contributed by atoms with Crippen molar-refractivity contribution in [2.24, 2.45) is 11.7 Å². The second-order valence-corrected chi connectivity index (χ2v) is 25.1. The van der Waals surface area contributed by atoms with Crippen molar-refractivity contribution in [3.8, 4) is 0 Å². The van der Waals surface area contributed by atoms with Crippen LogP contribution in [0.1, 0.15) is 128 Å². The molecule has 30 heteroatoms. The summed E-state index contributed by atoms with van der Waals surface area (Å²) in [7, 11) is 0. The molecule has 0 spiro atoms. The minimum atomic E-state index is -1.13. The zero-order valence-electron chi connectivity index (χ0n) is 55.5. The van der Waals surface area contributed by atoms with Crippen molar-refractivity contribution < 1.29 is 96.1 Å². The number of hydrogen-bond acceptors (Lipinski definition) is 22. The van der Waals surface area contributed by atoms with Crippen LogP contribution in [0, 0.1) is 5.92 Å². The van der Waals surface area contributed by atoms with Gasteiger partial charge in [-0.2, -0.15) is 0 Å². The molecule has 520 valence electrons. The average Bonchev–Trinajstić information content (AvgIpc) is 1.49. The van der Waals surface area contributed by atoms with E-state index in [4.69, 9.17) is 48.7 Å². The summed E-state index contributed by atoms with van der Waals surface area (Å²) in [6, 6.07) is -3.76. The zero-order valence-corrected chi connectivity index (χ0v) is 55.5. The van der Waals surface area contributed by atoms with Crippen molar-refractivity contribution in [1.82, 2.24) is 46.2 Å². The van der Waals surface area contributed by atoms with Crippen LogP contribution in [0.2, 0.25) is 0 Å². The molecule has 30 nitrogen and oxygen atoms in total. The summed E-state index contributed by atoms with van der Waals surface area (Å²) < 4.78 is 44.7. The molecule has 6 amide bonds. The number of nitrogens with zero attached hydrogens (tertiary/aromatic N) is 4. The summed E-state index contributed by atoms with van der Waals surface area (Å²) in [5, 5.41) is 32.7. The van der Waals surface area contributed by atoms with Gasteiger partial charge < -0.3 is 80.4 Å². The van der Waals surface area contributed by atoms with E-state index in [0.29, 0.717) is 71.9 Å². The van der Waals surface area contributed by atoms with Gasteiger partial charge >= 0.3 is 35.9 Å². The Hall–Kier alpha value is -5.86. The van der Waals surface area contributed by atoms with Gasteiger partial charge in [-0.15, -0.1) is 0 Å². The number of amides is 6. The number of ether oxygens (including phenoxy) is 8. The van der Waals surface area contributed by atoms with E-state index >= 15 is 0 Å². The molecule has 1 fully saturated rings. The molecule has 0 bridgehead atoms. The molecule has 0 aromatic heterocycles. The summed E-state index contributed by atoms with van der Waals surface area (Å²) in [5.74, 6) is -5.58. The van der Waals surface area contributed by atoms with Crippen LogP contribution in [-0.2, 0) is 81.0 Å². The monoisotopic (exact) mass is 1290 g/mol. The summed E-state index contributed by atoms with van der Waals surface area (Å²) in [4.78, 5) is 134. The number of nitrogens with one attached hydrogen (secondary N) is 5. The zero-order chi connectivity index (χ0) is 67.7. The number of urea groups is 1. The Morgan fingerprint density at radius 2 is 0.856 bits per heavy atom. The second-order valence-electron chi connectivity index (χ2n) is 25.1. The van der Waals surface area contributed by atoms with Crippen LogP contribution < -0.4 is 32.3 Å². The minimum absolute atomic E-state index is 0.0200. The van der Waals surface area contributed by atoms with E-state index < -0.39 is 88.5 Å². The Bertz CT molecular complexity index is 2110. The Balaban J connectivity index is 2.56. The summed E-state index contributed by atoms with van der Waals surface area (Å²) in [6.45, 7) is 24.6. The molecule has 0 aromatic carbocycles. The molecular formula is C60H110N10O20. The normalized spacial score (nSPS) is 15.5. The number of carbonyl (C=O) groups excluding carboxylic acids is 8. The molecule has 0 radical (unpaired) electrons. The van der Waals surface area contributed by atoms with Gasteiger partial charge in [-0.25, -0.2) is 4.79 Å². The SMILES string of the molecule is CC(C)[C@@H](NC(=O)CCCCC(=O)O)C(=O)N[C@H](CCCNC(N)=O)C(=O)NCCOCCOCCOCCOCCOCCNC(=O)CCC(C(=O)O)N1CCN(CC(=O)OC(C)(C)C)CCN(CC(=O)OC(C)(C)C)CCN(CC(=O)OC(C)(C)C)CC1. The fourth-order valence-electron chi connectivity index (χ4n) is 8.83. The van der Waals surface area contributed by atoms with Gasteiger partial charge in [0.05, 0.1) is 85.7 Å². The van der Waals surface area contributed by atoms with Crippen molar-refractivity contribution in [2.45, 2.75) is 162 Å². The number of rotatable bonds is 43. The molecule has 90 heavy (non-hydrogen) atoms. The van der Waals surface area contributed by atoms with Gasteiger partial charge in [0.15, 0.2) is 0 Å². The molecule has 0 aliphatic carbocycles. The molecular weight excluding hydrogens is 1180 g/mol.